The summed E-state index contributed by atoms with van der Waals surface area (Å²) < 4.78 is 5.58. The number of benzene rings is 1. The summed E-state index contributed by atoms with van der Waals surface area (Å²) in [5, 5.41) is 3.03. The van der Waals surface area contributed by atoms with Crippen LogP contribution >= 0.6 is 0 Å². The SMILES string of the molecule is COc1ccc2c(c1)[C@@]1(CCNC(=O)CN)CC3(C2)CN(CC2CC2)C3[C@@H]1C. The van der Waals surface area contributed by atoms with Crippen LogP contribution in [0.4, 0.5) is 0 Å². The third kappa shape index (κ3) is 2.62. The minimum atomic E-state index is -0.0585. The van der Waals surface area contributed by atoms with Crippen LogP contribution in [0.15, 0.2) is 18.2 Å². The van der Waals surface area contributed by atoms with Crippen molar-refractivity contribution in [1.82, 2.24) is 10.2 Å². The van der Waals surface area contributed by atoms with Gasteiger partial charge in [-0.2, -0.15) is 0 Å². The summed E-state index contributed by atoms with van der Waals surface area (Å²) >= 11 is 0. The number of methoxy groups -OCH3 is 1. The Morgan fingerprint density at radius 3 is 2.93 bits per heavy atom. The number of hydrogen-bond donors (Lipinski definition) is 2. The van der Waals surface area contributed by atoms with Gasteiger partial charge in [-0.25, -0.2) is 0 Å². The maximum atomic E-state index is 11.7. The van der Waals surface area contributed by atoms with Gasteiger partial charge in [0.2, 0.25) is 5.91 Å². The number of hydrogen-bond acceptors (Lipinski definition) is 4. The van der Waals surface area contributed by atoms with E-state index in [0.29, 0.717) is 23.9 Å². The van der Waals surface area contributed by atoms with Gasteiger partial charge in [0.15, 0.2) is 0 Å². The first kappa shape index (κ1) is 18.4. The largest absolute Gasteiger partial charge is 0.497 e. The number of rotatable bonds is 7. The molecular formula is C23H33N3O2. The lowest BCUT2D eigenvalue weighted by molar-refractivity contribution is -0.119. The van der Waals surface area contributed by atoms with Crippen LogP contribution in [0.1, 0.15) is 43.7 Å². The zero-order chi connectivity index (χ0) is 19.5. The van der Waals surface area contributed by atoms with Gasteiger partial charge in [-0.1, -0.05) is 13.0 Å². The van der Waals surface area contributed by atoms with Gasteiger partial charge < -0.3 is 15.8 Å². The van der Waals surface area contributed by atoms with E-state index >= 15 is 0 Å². The number of fused-ring (bicyclic) bond motifs is 3. The van der Waals surface area contributed by atoms with Gasteiger partial charge in [-0.15, -0.1) is 0 Å². The van der Waals surface area contributed by atoms with E-state index in [1.807, 2.05) is 0 Å². The Bertz CT molecular complexity index is 792. The number of ether oxygens (including phenoxy) is 1. The smallest absolute Gasteiger partial charge is 0.233 e. The molecular weight excluding hydrogens is 350 g/mol. The van der Waals surface area contributed by atoms with Gasteiger partial charge in [0.25, 0.3) is 0 Å². The molecule has 2 saturated carbocycles. The van der Waals surface area contributed by atoms with Gasteiger partial charge in [-0.3, -0.25) is 9.69 Å². The molecule has 1 spiro atoms. The van der Waals surface area contributed by atoms with Gasteiger partial charge in [0, 0.05) is 36.5 Å². The van der Waals surface area contributed by atoms with Crippen LogP contribution in [0.5, 0.6) is 5.75 Å². The fourth-order valence-corrected chi connectivity index (χ4v) is 6.97. The molecule has 3 N–H and O–H groups in total. The molecule has 1 amide bonds. The van der Waals surface area contributed by atoms with Gasteiger partial charge in [-0.05, 0) is 67.2 Å². The van der Waals surface area contributed by atoms with E-state index in [1.165, 1.54) is 49.9 Å². The zero-order valence-corrected chi connectivity index (χ0v) is 17.2. The van der Waals surface area contributed by atoms with E-state index in [2.05, 4.69) is 35.3 Å². The molecule has 152 valence electrons. The van der Waals surface area contributed by atoms with E-state index in [4.69, 9.17) is 10.5 Å². The van der Waals surface area contributed by atoms with Crippen molar-refractivity contribution in [2.75, 3.05) is 33.3 Å². The van der Waals surface area contributed by atoms with Crippen LogP contribution in [0.2, 0.25) is 0 Å². The third-order valence-electron chi connectivity index (χ3n) is 8.22. The van der Waals surface area contributed by atoms with Gasteiger partial charge in [0.05, 0.1) is 13.7 Å². The fourth-order valence-electron chi connectivity index (χ4n) is 6.97. The van der Waals surface area contributed by atoms with Crippen molar-refractivity contribution in [3.63, 3.8) is 0 Å². The quantitative estimate of drug-likeness (QED) is 0.756. The molecule has 4 aliphatic rings. The second-order valence-electron chi connectivity index (χ2n) is 9.81. The monoisotopic (exact) mass is 383 g/mol. The highest BCUT2D eigenvalue weighted by molar-refractivity contribution is 5.77. The Morgan fingerprint density at radius 1 is 1.39 bits per heavy atom. The number of likely N-dealkylation sites (tertiary alicyclic amines) is 1. The predicted octanol–water partition coefficient (Wildman–Crippen LogP) is 2.07. The molecule has 3 aliphatic carbocycles. The van der Waals surface area contributed by atoms with Crippen molar-refractivity contribution in [3.05, 3.63) is 29.3 Å². The van der Waals surface area contributed by atoms with Crippen LogP contribution in [0, 0.1) is 17.3 Å². The molecule has 1 aliphatic heterocycles. The number of carbonyl (C=O) groups is 1. The van der Waals surface area contributed by atoms with E-state index in [1.54, 1.807) is 7.11 Å². The normalized spacial score (nSPS) is 35.7. The standard InChI is InChI=1S/C23H33N3O2/c1-15-21-22(14-26(21)12-16-3-4-16)10-17-5-6-18(28-2)9-19(17)23(15,13-22)7-8-25-20(27)11-24/h5-6,9,15-16,21H,3-4,7-8,10-14,24H2,1-2H3,(H,25,27)/t15-,21?,22?,23-/m0/s1. The Kier molecular flexibility index (Phi) is 4.25. The molecule has 1 aromatic carbocycles. The lowest BCUT2D eigenvalue weighted by atomic mass is 9.61. The predicted molar refractivity (Wildman–Crippen MR) is 109 cm³/mol. The Labute approximate surface area is 168 Å². The van der Waals surface area contributed by atoms with Crippen LogP contribution in [0.3, 0.4) is 0 Å². The molecule has 5 rings (SSSR count). The zero-order valence-electron chi connectivity index (χ0n) is 17.2. The van der Waals surface area contributed by atoms with Crippen molar-refractivity contribution in [2.24, 2.45) is 23.0 Å². The van der Waals surface area contributed by atoms with Gasteiger partial charge in [0.1, 0.15) is 5.75 Å². The number of amides is 1. The van der Waals surface area contributed by atoms with Crippen LogP contribution in [-0.4, -0.2) is 50.1 Å². The van der Waals surface area contributed by atoms with Crippen molar-refractivity contribution < 1.29 is 9.53 Å². The molecule has 1 saturated heterocycles. The summed E-state index contributed by atoms with van der Waals surface area (Å²) in [6.45, 7) is 5.76. The summed E-state index contributed by atoms with van der Waals surface area (Å²) in [4.78, 5) is 14.5. The van der Waals surface area contributed by atoms with Crippen molar-refractivity contribution >= 4 is 5.91 Å². The summed E-state index contributed by atoms with van der Waals surface area (Å²) in [5.74, 6) is 2.41. The lowest BCUT2D eigenvalue weighted by Crippen LogP contribution is -2.64. The third-order valence-corrected chi connectivity index (χ3v) is 8.22. The molecule has 1 aromatic rings. The summed E-state index contributed by atoms with van der Waals surface area (Å²) in [7, 11) is 1.75. The molecule has 0 radical (unpaired) electrons. The second kappa shape index (κ2) is 6.46. The molecule has 4 atom stereocenters. The van der Waals surface area contributed by atoms with E-state index < -0.39 is 0 Å². The molecule has 2 unspecified atom stereocenters. The summed E-state index contributed by atoms with van der Waals surface area (Å²) in [6, 6.07) is 7.36. The van der Waals surface area contributed by atoms with E-state index in [-0.39, 0.29) is 17.9 Å². The van der Waals surface area contributed by atoms with Crippen molar-refractivity contribution in [1.29, 1.82) is 0 Å². The average Bonchev–Trinajstić information content (AvgIpc) is 3.48. The maximum Gasteiger partial charge on any atom is 0.233 e. The molecule has 5 heteroatoms. The molecule has 1 heterocycles. The van der Waals surface area contributed by atoms with Crippen LogP contribution < -0.4 is 15.8 Å². The molecule has 0 aromatic heterocycles. The summed E-state index contributed by atoms with van der Waals surface area (Å²) in [5.41, 5.74) is 9.00. The number of nitrogens with two attached hydrogens (primary N) is 1. The Morgan fingerprint density at radius 2 is 2.21 bits per heavy atom. The second-order valence-corrected chi connectivity index (χ2v) is 9.81. The highest BCUT2D eigenvalue weighted by Gasteiger charge is 2.69. The average molecular weight is 384 g/mol. The van der Waals surface area contributed by atoms with Crippen LogP contribution in [0.25, 0.3) is 0 Å². The molecule has 2 bridgehead atoms. The van der Waals surface area contributed by atoms with Gasteiger partial charge >= 0.3 is 0 Å². The first-order valence-corrected chi connectivity index (χ1v) is 10.9. The maximum absolute atomic E-state index is 11.7. The van der Waals surface area contributed by atoms with Crippen LogP contribution in [-0.2, 0) is 16.6 Å². The summed E-state index contributed by atoms with van der Waals surface area (Å²) in [6.07, 6.45) is 6.25. The number of nitrogens with one attached hydrogen (secondary N) is 1. The lowest BCUT2D eigenvalue weighted by Gasteiger charge is -2.56. The van der Waals surface area contributed by atoms with Crippen molar-refractivity contribution in [3.8, 4) is 5.75 Å². The minimum absolute atomic E-state index is 0.0585. The fraction of sp³-hybridized carbons (Fsp3) is 0.696. The van der Waals surface area contributed by atoms with Crippen molar-refractivity contribution in [2.45, 2.75) is 50.5 Å². The first-order valence-electron chi connectivity index (χ1n) is 10.9. The minimum Gasteiger partial charge on any atom is -0.497 e. The number of carbonyl (C=O) groups excluding carboxylic acids is 1. The van der Waals surface area contributed by atoms with E-state index in [0.717, 1.165) is 18.1 Å². The first-order chi connectivity index (χ1) is 13.5. The molecule has 5 nitrogen and oxygen atoms in total. The topological polar surface area (TPSA) is 67.6 Å². The highest BCUT2D eigenvalue weighted by Crippen LogP contribution is 2.67. The van der Waals surface area contributed by atoms with E-state index in [9.17, 15) is 4.79 Å². The Hall–Kier alpha value is -1.59. The number of nitrogens with zero attached hydrogens (tertiary/aromatic N) is 1. The highest BCUT2D eigenvalue weighted by atomic mass is 16.5. The molecule has 28 heavy (non-hydrogen) atoms. The molecule has 3 fully saturated rings. The Balaban J connectivity index is 1.48.